The largest absolute Gasteiger partial charge is 0.493 e. The summed E-state index contributed by atoms with van der Waals surface area (Å²) in [6.07, 6.45) is 0.710. The van der Waals surface area contributed by atoms with Gasteiger partial charge in [0.2, 0.25) is 5.91 Å². The fourth-order valence-corrected chi connectivity index (χ4v) is 3.67. The molecule has 162 valence electrons. The van der Waals surface area contributed by atoms with E-state index in [1.54, 1.807) is 14.2 Å². The lowest BCUT2D eigenvalue weighted by atomic mass is 10.0. The van der Waals surface area contributed by atoms with Crippen molar-refractivity contribution in [3.05, 3.63) is 65.2 Å². The Labute approximate surface area is 187 Å². The predicted molar refractivity (Wildman–Crippen MR) is 124 cm³/mol. The number of benzene rings is 2. The van der Waals surface area contributed by atoms with E-state index in [1.165, 1.54) is 22.9 Å². The van der Waals surface area contributed by atoms with Crippen molar-refractivity contribution in [3.8, 4) is 22.8 Å². The maximum absolute atomic E-state index is 12.2. The Bertz CT molecular complexity index is 1040. The quantitative estimate of drug-likeness (QED) is 0.505. The van der Waals surface area contributed by atoms with Gasteiger partial charge in [0.25, 0.3) is 0 Å². The molecule has 0 aliphatic rings. The summed E-state index contributed by atoms with van der Waals surface area (Å²) in [5, 5.41) is 12.2. The first-order valence-corrected chi connectivity index (χ1v) is 11.0. The van der Waals surface area contributed by atoms with Crippen molar-refractivity contribution in [3.63, 3.8) is 0 Å². The van der Waals surface area contributed by atoms with E-state index in [0.29, 0.717) is 30.2 Å². The maximum atomic E-state index is 12.2. The van der Waals surface area contributed by atoms with Gasteiger partial charge in [0, 0.05) is 12.1 Å². The number of methoxy groups -OCH3 is 2. The molecule has 0 fully saturated rings. The van der Waals surface area contributed by atoms with E-state index in [1.807, 2.05) is 36.4 Å². The Morgan fingerprint density at radius 3 is 2.42 bits per heavy atom. The maximum Gasteiger partial charge on any atom is 0.230 e. The second-order valence-corrected chi connectivity index (χ2v) is 8.13. The van der Waals surface area contributed by atoms with Crippen LogP contribution in [-0.4, -0.2) is 42.6 Å². The third-order valence-electron chi connectivity index (χ3n) is 4.98. The van der Waals surface area contributed by atoms with Gasteiger partial charge >= 0.3 is 0 Å². The van der Waals surface area contributed by atoms with Gasteiger partial charge in [0.1, 0.15) is 5.03 Å². The Morgan fingerprint density at radius 2 is 1.74 bits per heavy atom. The molecule has 0 spiro atoms. The first kappa shape index (κ1) is 22.6. The van der Waals surface area contributed by atoms with E-state index in [9.17, 15) is 4.79 Å². The van der Waals surface area contributed by atoms with Crippen molar-refractivity contribution in [2.45, 2.75) is 25.3 Å². The zero-order chi connectivity index (χ0) is 22.2. The second kappa shape index (κ2) is 10.8. The van der Waals surface area contributed by atoms with Gasteiger partial charge in [-0.1, -0.05) is 30.0 Å². The zero-order valence-electron chi connectivity index (χ0n) is 18.3. The minimum absolute atomic E-state index is 0.0366. The smallest absolute Gasteiger partial charge is 0.230 e. The van der Waals surface area contributed by atoms with Crippen LogP contribution in [0.5, 0.6) is 11.5 Å². The van der Waals surface area contributed by atoms with Crippen molar-refractivity contribution >= 4 is 17.7 Å². The third kappa shape index (κ3) is 6.21. The average molecular weight is 438 g/mol. The molecule has 0 bridgehead atoms. The van der Waals surface area contributed by atoms with Gasteiger partial charge in [-0.15, -0.1) is 10.2 Å². The van der Waals surface area contributed by atoms with Crippen molar-refractivity contribution in [1.29, 1.82) is 0 Å². The monoisotopic (exact) mass is 437 g/mol. The van der Waals surface area contributed by atoms with Gasteiger partial charge in [0.05, 0.1) is 25.7 Å². The van der Waals surface area contributed by atoms with E-state index in [4.69, 9.17) is 9.47 Å². The molecular formula is C24H27N3O3S. The topological polar surface area (TPSA) is 73.3 Å². The van der Waals surface area contributed by atoms with Crippen molar-refractivity contribution in [2.75, 3.05) is 26.5 Å². The molecule has 3 rings (SSSR count). The number of carbonyl (C=O) groups excluding carboxylic acids is 1. The first-order chi connectivity index (χ1) is 15.0. The normalized spacial score (nSPS) is 10.6. The van der Waals surface area contributed by atoms with E-state index in [0.717, 1.165) is 21.8 Å². The number of hydrogen-bond donors (Lipinski definition) is 1. The van der Waals surface area contributed by atoms with E-state index < -0.39 is 0 Å². The van der Waals surface area contributed by atoms with Crippen LogP contribution in [0.1, 0.15) is 16.7 Å². The van der Waals surface area contributed by atoms with Crippen LogP contribution >= 0.6 is 11.8 Å². The fraction of sp³-hybridized carbons (Fsp3) is 0.292. The summed E-state index contributed by atoms with van der Waals surface area (Å²) < 4.78 is 10.6. The Kier molecular flexibility index (Phi) is 7.89. The van der Waals surface area contributed by atoms with Gasteiger partial charge in [-0.05, 0) is 67.3 Å². The lowest BCUT2D eigenvalue weighted by Crippen LogP contribution is -2.27. The summed E-state index contributed by atoms with van der Waals surface area (Å²) in [5.74, 6) is 1.63. The highest BCUT2D eigenvalue weighted by Crippen LogP contribution is 2.27. The van der Waals surface area contributed by atoms with Crippen molar-refractivity contribution in [2.24, 2.45) is 0 Å². The fourth-order valence-electron chi connectivity index (χ4n) is 3.02. The molecule has 1 amide bonds. The SMILES string of the molecule is COc1ccc(CCNC(=O)CSc2ccc(-c3ccc(C)c(C)c3)nn2)cc1OC. The number of hydrogen-bond acceptors (Lipinski definition) is 6. The molecule has 0 aliphatic carbocycles. The number of aromatic nitrogens is 2. The number of nitrogens with one attached hydrogen (secondary N) is 1. The summed E-state index contributed by atoms with van der Waals surface area (Å²) in [5.41, 5.74) is 5.41. The molecule has 0 saturated heterocycles. The van der Waals surface area contributed by atoms with Crippen LogP contribution in [-0.2, 0) is 11.2 Å². The molecule has 3 aromatic rings. The van der Waals surface area contributed by atoms with Crippen LogP contribution in [0, 0.1) is 13.8 Å². The molecule has 0 atom stereocenters. The number of ether oxygens (including phenoxy) is 2. The van der Waals surface area contributed by atoms with Crippen LogP contribution in [0.25, 0.3) is 11.3 Å². The molecule has 6 nitrogen and oxygen atoms in total. The van der Waals surface area contributed by atoms with Crippen molar-refractivity contribution in [1.82, 2.24) is 15.5 Å². The minimum Gasteiger partial charge on any atom is -0.493 e. The standard InChI is InChI=1S/C24H27N3O3S/c1-16-5-7-19(13-17(16)2)20-8-10-24(27-26-20)31-15-23(28)25-12-11-18-6-9-21(29-3)22(14-18)30-4/h5-10,13-14H,11-12,15H2,1-4H3,(H,25,28). The number of carbonyl (C=O) groups is 1. The lowest BCUT2D eigenvalue weighted by Gasteiger charge is -2.10. The summed E-state index contributed by atoms with van der Waals surface area (Å²) in [6.45, 7) is 4.72. The average Bonchev–Trinajstić information content (AvgIpc) is 2.79. The van der Waals surface area contributed by atoms with Crippen LogP contribution in [0.15, 0.2) is 53.6 Å². The molecule has 1 heterocycles. The summed E-state index contributed by atoms with van der Waals surface area (Å²) in [7, 11) is 3.22. The molecule has 0 unspecified atom stereocenters. The van der Waals surface area contributed by atoms with Crippen LogP contribution in [0.4, 0.5) is 0 Å². The Hall–Kier alpha value is -3.06. The lowest BCUT2D eigenvalue weighted by molar-refractivity contribution is -0.118. The van der Waals surface area contributed by atoms with Gasteiger partial charge < -0.3 is 14.8 Å². The van der Waals surface area contributed by atoms with E-state index in [2.05, 4.69) is 41.5 Å². The highest BCUT2D eigenvalue weighted by molar-refractivity contribution is 7.99. The van der Waals surface area contributed by atoms with Crippen molar-refractivity contribution < 1.29 is 14.3 Å². The molecular weight excluding hydrogens is 410 g/mol. The molecule has 0 aliphatic heterocycles. The van der Waals surface area contributed by atoms with Gasteiger partial charge in [-0.25, -0.2) is 0 Å². The number of rotatable bonds is 9. The highest BCUT2D eigenvalue weighted by Gasteiger charge is 2.08. The number of amides is 1. The third-order valence-corrected chi connectivity index (χ3v) is 5.90. The molecule has 1 N–H and O–H groups in total. The summed E-state index contributed by atoms with van der Waals surface area (Å²) >= 11 is 1.37. The predicted octanol–water partition coefficient (Wildman–Crippen LogP) is 4.23. The second-order valence-electron chi connectivity index (χ2n) is 7.13. The summed E-state index contributed by atoms with van der Waals surface area (Å²) in [6, 6.07) is 15.8. The van der Waals surface area contributed by atoms with E-state index in [-0.39, 0.29) is 5.91 Å². The molecule has 1 aromatic heterocycles. The van der Waals surface area contributed by atoms with Gasteiger partial charge in [-0.2, -0.15) is 0 Å². The van der Waals surface area contributed by atoms with Crippen LogP contribution in [0.2, 0.25) is 0 Å². The first-order valence-electron chi connectivity index (χ1n) is 10.0. The molecule has 0 saturated carbocycles. The Balaban J connectivity index is 1.46. The highest BCUT2D eigenvalue weighted by atomic mass is 32.2. The van der Waals surface area contributed by atoms with Crippen LogP contribution < -0.4 is 14.8 Å². The van der Waals surface area contributed by atoms with Gasteiger partial charge in [-0.3, -0.25) is 4.79 Å². The molecule has 7 heteroatoms. The number of nitrogens with zero attached hydrogens (tertiary/aromatic N) is 2. The Morgan fingerprint density at radius 1 is 0.935 bits per heavy atom. The molecule has 0 radical (unpaired) electrons. The van der Waals surface area contributed by atoms with E-state index >= 15 is 0 Å². The van der Waals surface area contributed by atoms with Crippen LogP contribution in [0.3, 0.4) is 0 Å². The minimum atomic E-state index is -0.0366. The molecule has 31 heavy (non-hydrogen) atoms. The van der Waals surface area contributed by atoms with Gasteiger partial charge in [0.15, 0.2) is 11.5 Å². The number of thioether (sulfide) groups is 1. The summed E-state index contributed by atoms with van der Waals surface area (Å²) in [4.78, 5) is 12.2. The zero-order valence-corrected chi connectivity index (χ0v) is 19.1. The molecule has 2 aromatic carbocycles. The number of aryl methyl sites for hydroxylation is 2.